The van der Waals surface area contributed by atoms with Gasteiger partial charge in [0.05, 0.1) is 6.10 Å². The summed E-state index contributed by atoms with van der Waals surface area (Å²) >= 11 is 0. The molecule has 1 aromatic rings. The van der Waals surface area contributed by atoms with Crippen LogP contribution in [0.2, 0.25) is 0 Å². The average molecular weight is 279 g/mol. The van der Waals surface area contributed by atoms with Gasteiger partial charge < -0.3 is 5.11 Å². The molecule has 0 amide bonds. The zero-order valence-electron chi connectivity index (χ0n) is 13.1. The predicted octanol–water partition coefficient (Wildman–Crippen LogP) is 3.05. The largest absolute Gasteiger partial charge is 0.393 e. The standard InChI is InChI=1S/C16H29N3O/c1-4-5-13-6-7-15(20)14(8-13)9-16-17-11-18-19(16)10-12(2)3/h11-15,20H,4-10H2,1-3H3. The SMILES string of the molecule is CCCC1CCC(O)C(Cc2ncnn2CC(C)C)C1. The fourth-order valence-electron chi connectivity index (χ4n) is 3.41. The molecular weight excluding hydrogens is 250 g/mol. The number of rotatable bonds is 6. The highest BCUT2D eigenvalue weighted by Gasteiger charge is 2.30. The van der Waals surface area contributed by atoms with Crippen LogP contribution >= 0.6 is 0 Å². The summed E-state index contributed by atoms with van der Waals surface area (Å²) in [5.41, 5.74) is 0. The Morgan fingerprint density at radius 3 is 2.90 bits per heavy atom. The molecule has 0 aromatic carbocycles. The van der Waals surface area contributed by atoms with Crippen LogP contribution in [-0.4, -0.2) is 26.0 Å². The molecule has 4 nitrogen and oxygen atoms in total. The zero-order valence-corrected chi connectivity index (χ0v) is 13.1. The highest BCUT2D eigenvalue weighted by molar-refractivity contribution is 4.92. The first-order chi connectivity index (χ1) is 9.60. The maximum Gasteiger partial charge on any atom is 0.138 e. The van der Waals surface area contributed by atoms with Crippen molar-refractivity contribution in [2.24, 2.45) is 17.8 Å². The van der Waals surface area contributed by atoms with Gasteiger partial charge in [-0.25, -0.2) is 9.67 Å². The van der Waals surface area contributed by atoms with E-state index in [1.54, 1.807) is 6.33 Å². The summed E-state index contributed by atoms with van der Waals surface area (Å²) in [5.74, 6) is 2.75. The Bertz CT molecular complexity index is 402. The zero-order chi connectivity index (χ0) is 14.5. The molecule has 3 atom stereocenters. The van der Waals surface area contributed by atoms with Gasteiger partial charge in [0, 0.05) is 13.0 Å². The van der Waals surface area contributed by atoms with Gasteiger partial charge in [-0.1, -0.05) is 33.6 Å². The molecule has 0 saturated heterocycles. The van der Waals surface area contributed by atoms with Gasteiger partial charge in [-0.2, -0.15) is 5.10 Å². The Labute approximate surface area is 122 Å². The van der Waals surface area contributed by atoms with Crippen LogP contribution in [0.4, 0.5) is 0 Å². The maximum absolute atomic E-state index is 10.3. The number of hydrogen-bond acceptors (Lipinski definition) is 3. The van der Waals surface area contributed by atoms with Crippen molar-refractivity contribution < 1.29 is 5.11 Å². The van der Waals surface area contributed by atoms with Crippen molar-refractivity contribution >= 4 is 0 Å². The van der Waals surface area contributed by atoms with E-state index in [1.165, 1.54) is 19.3 Å². The van der Waals surface area contributed by atoms with Crippen molar-refractivity contribution in [3.63, 3.8) is 0 Å². The number of hydrogen-bond donors (Lipinski definition) is 1. The van der Waals surface area contributed by atoms with Crippen LogP contribution in [0, 0.1) is 17.8 Å². The van der Waals surface area contributed by atoms with Gasteiger partial charge in [0.1, 0.15) is 12.2 Å². The van der Waals surface area contributed by atoms with Crippen LogP contribution in [0.3, 0.4) is 0 Å². The molecule has 3 unspecified atom stereocenters. The Balaban J connectivity index is 1.98. The van der Waals surface area contributed by atoms with Gasteiger partial charge in [0.15, 0.2) is 0 Å². The normalized spacial score (nSPS) is 27.1. The molecule has 1 aliphatic rings. The number of aliphatic hydroxyl groups excluding tert-OH is 1. The van der Waals surface area contributed by atoms with E-state index in [0.717, 1.165) is 37.5 Å². The Hall–Kier alpha value is -0.900. The summed E-state index contributed by atoms with van der Waals surface area (Å²) in [7, 11) is 0. The lowest BCUT2D eigenvalue weighted by Gasteiger charge is -2.33. The molecule has 0 radical (unpaired) electrons. The fraction of sp³-hybridized carbons (Fsp3) is 0.875. The van der Waals surface area contributed by atoms with Crippen molar-refractivity contribution in [2.45, 2.75) is 71.9 Å². The first kappa shape index (κ1) is 15.5. The molecule has 1 heterocycles. The summed E-state index contributed by atoms with van der Waals surface area (Å²) < 4.78 is 2.01. The van der Waals surface area contributed by atoms with E-state index in [9.17, 15) is 5.11 Å². The van der Waals surface area contributed by atoms with Crippen LogP contribution in [-0.2, 0) is 13.0 Å². The van der Waals surface area contributed by atoms with Gasteiger partial charge >= 0.3 is 0 Å². The molecular formula is C16H29N3O. The van der Waals surface area contributed by atoms with Gasteiger partial charge in [-0.15, -0.1) is 0 Å². The number of aliphatic hydroxyl groups is 1. The highest BCUT2D eigenvalue weighted by atomic mass is 16.3. The van der Waals surface area contributed by atoms with E-state index in [-0.39, 0.29) is 6.10 Å². The van der Waals surface area contributed by atoms with Crippen LogP contribution in [0.1, 0.15) is 58.7 Å². The molecule has 2 rings (SSSR count). The van der Waals surface area contributed by atoms with Crippen LogP contribution < -0.4 is 0 Å². The lowest BCUT2D eigenvalue weighted by atomic mass is 9.76. The second-order valence-electron chi connectivity index (χ2n) is 6.75. The maximum atomic E-state index is 10.3. The minimum absolute atomic E-state index is 0.160. The smallest absolute Gasteiger partial charge is 0.138 e. The summed E-state index contributed by atoms with van der Waals surface area (Å²) in [4.78, 5) is 4.41. The van der Waals surface area contributed by atoms with Crippen molar-refractivity contribution in [1.29, 1.82) is 0 Å². The average Bonchev–Trinajstić information content (AvgIpc) is 2.80. The molecule has 1 fully saturated rings. The Morgan fingerprint density at radius 1 is 1.40 bits per heavy atom. The third-order valence-electron chi connectivity index (χ3n) is 4.43. The van der Waals surface area contributed by atoms with Crippen LogP contribution in [0.5, 0.6) is 0 Å². The number of nitrogens with zero attached hydrogens (tertiary/aromatic N) is 3. The molecule has 20 heavy (non-hydrogen) atoms. The second kappa shape index (κ2) is 7.21. The lowest BCUT2D eigenvalue weighted by molar-refractivity contribution is 0.0447. The third kappa shape index (κ3) is 4.05. The van der Waals surface area contributed by atoms with E-state index < -0.39 is 0 Å². The molecule has 0 spiro atoms. The molecule has 1 saturated carbocycles. The van der Waals surface area contributed by atoms with Gasteiger partial charge in [0.25, 0.3) is 0 Å². The quantitative estimate of drug-likeness (QED) is 0.870. The van der Waals surface area contributed by atoms with Gasteiger partial charge in [0.2, 0.25) is 0 Å². The molecule has 4 heteroatoms. The van der Waals surface area contributed by atoms with Crippen LogP contribution in [0.15, 0.2) is 6.33 Å². The Kier molecular flexibility index (Phi) is 5.58. The fourth-order valence-corrected chi connectivity index (χ4v) is 3.41. The van der Waals surface area contributed by atoms with E-state index in [1.807, 2.05) is 4.68 Å². The second-order valence-corrected chi connectivity index (χ2v) is 6.75. The Morgan fingerprint density at radius 2 is 2.20 bits per heavy atom. The summed E-state index contributed by atoms with van der Waals surface area (Å²) in [6.45, 7) is 7.55. The van der Waals surface area contributed by atoms with Crippen molar-refractivity contribution in [2.75, 3.05) is 0 Å². The summed E-state index contributed by atoms with van der Waals surface area (Å²) in [5, 5.41) is 14.6. The van der Waals surface area contributed by atoms with Crippen molar-refractivity contribution in [3.05, 3.63) is 12.2 Å². The van der Waals surface area contributed by atoms with Gasteiger partial charge in [-0.3, -0.25) is 0 Å². The molecule has 0 aliphatic heterocycles. The monoisotopic (exact) mass is 279 g/mol. The molecule has 1 aliphatic carbocycles. The van der Waals surface area contributed by atoms with Crippen LogP contribution in [0.25, 0.3) is 0 Å². The molecule has 1 aromatic heterocycles. The van der Waals surface area contributed by atoms with Gasteiger partial charge in [-0.05, 0) is 37.0 Å². The predicted molar refractivity (Wildman–Crippen MR) is 80.3 cm³/mol. The minimum Gasteiger partial charge on any atom is -0.393 e. The molecule has 0 bridgehead atoms. The third-order valence-corrected chi connectivity index (χ3v) is 4.43. The summed E-state index contributed by atoms with van der Waals surface area (Å²) in [6.07, 6.45) is 8.18. The number of aromatic nitrogens is 3. The minimum atomic E-state index is -0.160. The first-order valence-electron chi connectivity index (χ1n) is 8.14. The van der Waals surface area contributed by atoms with Crippen molar-refractivity contribution in [3.8, 4) is 0 Å². The van der Waals surface area contributed by atoms with E-state index in [0.29, 0.717) is 11.8 Å². The van der Waals surface area contributed by atoms with E-state index in [2.05, 4.69) is 30.9 Å². The molecule has 114 valence electrons. The highest BCUT2D eigenvalue weighted by Crippen LogP contribution is 2.33. The first-order valence-corrected chi connectivity index (χ1v) is 8.14. The lowest BCUT2D eigenvalue weighted by Crippen LogP contribution is -2.31. The van der Waals surface area contributed by atoms with Crippen molar-refractivity contribution in [1.82, 2.24) is 14.8 Å². The van der Waals surface area contributed by atoms with E-state index in [4.69, 9.17) is 0 Å². The summed E-state index contributed by atoms with van der Waals surface area (Å²) in [6, 6.07) is 0. The van der Waals surface area contributed by atoms with E-state index >= 15 is 0 Å². The topological polar surface area (TPSA) is 50.9 Å². The molecule has 1 N–H and O–H groups in total.